The van der Waals surface area contributed by atoms with E-state index in [-0.39, 0.29) is 0 Å². The van der Waals surface area contributed by atoms with Gasteiger partial charge >= 0.3 is 0 Å². The SMILES string of the molecule is CC/C=C\C(CCNCCCN)=C(/C)CC. The van der Waals surface area contributed by atoms with Gasteiger partial charge in [-0.05, 0) is 57.8 Å². The molecule has 0 amide bonds. The minimum atomic E-state index is 0.777. The van der Waals surface area contributed by atoms with Crippen LogP contribution in [0.1, 0.15) is 46.5 Å². The van der Waals surface area contributed by atoms with Crippen LogP contribution in [-0.2, 0) is 0 Å². The molecule has 0 radical (unpaired) electrons. The first-order chi connectivity index (χ1) is 7.76. The predicted molar refractivity (Wildman–Crippen MR) is 73.6 cm³/mol. The highest BCUT2D eigenvalue weighted by atomic mass is 14.8. The second-order valence-electron chi connectivity index (χ2n) is 4.11. The number of nitrogens with two attached hydrogens (primary N) is 1. The summed E-state index contributed by atoms with van der Waals surface area (Å²) in [5.74, 6) is 0. The number of hydrogen-bond donors (Lipinski definition) is 2. The van der Waals surface area contributed by atoms with E-state index in [4.69, 9.17) is 5.73 Å². The molecule has 0 aliphatic heterocycles. The van der Waals surface area contributed by atoms with Gasteiger partial charge in [-0.3, -0.25) is 0 Å². The van der Waals surface area contributed by atoms with Gasteiger partial charge in [-0.15, -0.1) is 0 Å². The van der Waals surface area contributed by atoms with Crippen molar-refractivity contribution in [3.8, 4) is 0 Å². The Hall–Kier alpha value is -0.600. The summed E-state index contributed by atoms with van der Waals surface area (Å²) < 4.78 is 0. The van der Waals surface area contributed by atoms with Crippen LogP contribution in [0.15, 0.2) is 23.3 Å². The third-order valence-corrected chi connectivity index (χ3v) is 2.76. The lowest BCUT2D eigenvalue weighted by Gasteiger charge is -2.08. The summed E-state index contributed by atoms with van der Waals surface area (Å²) in [6.45, 7) is 9.49. The van der Waals surface area contributed by atoms with Crippen molar-refractivity contribution in [2.75, 3.05) is 19.6 Å². The first kappa shape index (κ1) is 15.4. The van der Waals surface area contributed by atoms with Gasteiger partial charge in [0.2, 0.25) is 0 Å². The van der Waals surface area contributed by atoms with Crippen molar-refractivity contribution in [2.24, 2.45) is 5.73 Å². The Bertz CT molecular complexity index is 217. The molecule has 0 rings (SSSR count). The van der Waals surface area contributed by atoms with Gasteiger partial charge in [0, 0.05) is 0 Å². The molecular weight excluding hydrogens is 196 g/mol. The average molecular weight is 224 g/mol. The van der Waals surface area contributed by atoms with E-state index in [1.807, 2.05) is 0 Å². The van der Waals surface area contributed by atoms with Gasteiger partial charge in [-0.2, -0.15) is 0 Å². The Balaban J connectivity index is 3.99. The van der Waals surface area contributed by atoms with Gasteiger partial charge in [-0.1, -0.05) is 31.6 Å². The van der Waals surface area contributed by atoms with Crippen LogP contribution in [0.3, 0.4) is 0 Å². The van der Waals surface area contributed by atoms with Crippen LogP contribution in [-0.4, -0.2) is 19.6 Å². The fraction of sp³-hybridized carbons (Fsp3) is 0.714. The molecule has 0 aromatic heterocycles. The van der Waals surface area contributed by atoms with Crippen molar-refractivity contribution in [3.63, 3.8) is 0 Å². The molecule has 16 heavy (non-hydrogen) atoms. The molecule has 3 N–H and O–H groups in total. The normalized spacial score (nSPS) is 13.2. The van der Waals surface area contributed by atoms with E-state index in [0.717, 1.165) is 45.3 Å². The van der Waals surface area contributed by atoms with Crippen LogP contribution >= 0.6 is 0 Å². The van der Waals surface area contributed by atoms with Crippen molar-refractivity contribution in [1.82, 2.24) is 5.32 Å². The molecule has 0 fully saturated rings. The van der Waals surface area contributed by atoms with Crippen LogP contribution in [0.25, 0.3) is 0 Å². The highest BCUT2D eigenvalue weighted by molar-refractivity contribution is 5.24. The lowest BCUT2D eigenvalue weighted by Crippen LogP contribution is -2.19. The Morgan fingerprint density at radius 1 is 1.25 bits per heavy atom. The molecule has 0 aromatic carbocycles. The lowest BCUT2D eigenvalue weighted by molar-refractivity contribution is 0.652. The van der Waals surface area contributed by atoms with Crippen molar-refractivity contribution < 1.29 is 0 Å². The highest BCUT2D eigenvalue weighted by Crippen LogP contribution is 2.13. The minimum Gasteiger partial charge on any atom is -0.330 e. The third kappa shape index (κ3) is 7.66. The van der Waals surface area contributed by atoms with E-state index in [0.29, 0.717) is 0 Å². The molecule has 2 nitrogen and oxygen atoms in total. The van der Waals surface area contributed by atoms with Crippen LogP contribution in [0.4, 0.5) is 0 Å². The average Bonchev–Trinajstić information content (AvgIpc) is 2.31. The van der Waals surface area contributed by atoms with Crippen molar-refractivity contribution >= 4 is 0 Å². The zero-order valence-electron chi connectivity index (χ0n) is 11.2. The van der Waals surface area contributed by atoms with Crippen molar-refractivity contribution in [3.05, 3.63) is 23.3 Å². The van der Waals surface area contributed by atoms with Gasteiger partial charge in [0.25, 0.3) is 0 Å². The van der Waals surface area contributed by atoms with Gasteiger partial charge in [0.05, 0.1) is 0 Å². The molecule has 0 saturated heterocycles. The first-order valence-corrected chi connectivity index (χ1v) is 6.52. The second-order valence-corrected chi connectivity index (χ2v) is 4.11. The Kier molecular flexibility index (Phi) is 10.5. The van der Waals surface area contributed by atoms with Crippen LogP contribution < -0.4 is 11.1 Å². The van der Waals surface area contributed by atoms with Crippen LogP contribution in [0.5, 0.6) is 0 Å². The van der Waals surface area contributed by atoms with E-state index < -0.39 is 0 Å². The second kappa shape index (κ2) is 10.9. The lowest BCUT2D eigenvalue weighted by atomic mass is 10.0. The maximum absolute atomic E-state index is 5.45. The maximum Gasteiger partial charge on any atom is -0.000836 e. The number of hydrogen-bond acceptors (Lipinski definition) is 2. The standard InChI is InChI=1S/C14H28N2/c1-4-6-8-14(13(3)5-2)9-12-16-11-7-10-15/h6,8,16H,4-5,7,9-12,15H2,1-3H3/b8-6-,14-13-. The Morgan fingerprint density at radius 2 is 2.00 bits per heavy atom. The number of nitrogens with one attached hydrogen (secondary N) is 1. The monoisotopic (exact) mass is 224 g/mol. The first-order valence-electron chi connectivity index (χ1n) is 6.52. The largest absolute Gasteiger partial charge is 0.330 e. The molecule has 94 valence electrons. The van der Waals surface area contributed by atoms with Gasteiger partial charge in [0.15, 0.2) is 0 Å². The molecule has 0 aliphatic carbocycles. The maximum atomic E-state index is 5.45. The predicted octanol–water partition coefficient (Wildman–Crippen LogP) is 3.01. The van der Waals surface area contributed by atoms with Crippen molar-refractivity contribution in [2.45, 2.75) is 46.5 Å². The quantitative estimate of drug-likeness (QED) is 0.467. The smallest absolute Gasteiger partial charge is 0.000836 e. The van der Waals surface area contributed by atoms with E-state index in [1.165, 1.54) is 11.1 Å². The van der Waals surface area contributed by atoms with Crippen LogP contribution in [0, 0.1) is 0 Å². The molecule has 0 atom stereocenters. The number of allylic oxidation sites excluding steroid dienone is 3. The van der Waals surface area contributed by atoms with Gasteiger partial charge in [0.1, 0.15) is 0 Å². The fourth-order valence-corrected chi connectivity index (χ4v) is 1.50. The van der Waals surface area contributed by atoms with Gasteiger partial charge < -0.3 is 11.1 Å². The molecule has 0 unspecified atom stereocenters. The Labute approximate surface area is 101 Å². The summed E-state index contributed by atoms with van der Waals surface area (Å²) in [5, 5.41) is 3.42. The highest BCUT2D eigenvalue weighted by Gasteiger charge is 1.97. The molecule has 0 saturated carbocycles. The zero-order valence-corrected chi connectivity index (χ0v) is 11.2. The molecule has 0 aliphatic rings. The molecular formula is C14H28N2. The summed E-state index contributed by atoms with van der Waals surface area (Å²) in [6.07, 6.45) is 8.97. The zero-order chi connectivity index (χ0) is 12.2. The molecule has 0 aromatic rings. The topological polar surface area (TPSA) is 38.0 Å². The van der Waals surface area contributed by atoms with E-state index in [1.54, 1.807) is 0 Å². The molecule has 0 heterocycles. The Morgan fingerprint density at radius 3 is 2.56 bits per heavy atom. The van der Waals surface area contributed by atoms with E-state index in [9.17, 15) is 0 Å². The van der Waals surface area contributed by atoms with Crippen molar-refractivity contribution in [1.29, 1.82) is 0 Å². The van der Waals surface area contributed by atoms with Crippen LogP contribution in [0.2, 0.25) is 0 Å². The summed E-state index contributed by atoms with van der Waals surface area (Å²) in [5.41, 5.74) is 8.44. The summed E-state index contributed by atoms with van der Waals surface area (Å²) in [6, 6.07) is 0. The number of rotatable bonds is 9. The summed E-state index contributed by atoms with van der Waals surface area (Å²) in [4.78, 5) is 0. The fourth-order valence-electron chi connectivity index (χ4n) is 1.50. The summed E-state index contributed by atoms with van der Waals surface area (Å²) in [7, 11) is 0. The molecule has 2 heteroatoms. The summed E-state index contributed by atoms with van der Waals surface area (Å²) >= 11 is 0. The van der Waals surface area contributed by atoms with Gasteiger partial charge in [-0.25, -0.2) is 0 Å². The van der Waals surface area contributed by atoms with E-state index >= 15 is 0 Å². The van der Waals surface area contributed by atoms with E-state index in [2.05, 4.69) is 38.2 Å². The minimum absolute atomic E-state index is 0.777. The molecule has 0 bridgehead atoms. The molecule has 0 spiro atoms. The third-order valence-electron chi connectivity index (χ3n) is 2.76.